The number of hydrogen-bond donors (Lipinski definition) is 0. The summed E-state index contributed by atoms with van der Waals surface area (Å²) in [6, 6.07) is 12.9. The molecule has 0 unspecified atom stereocenters. The number of anilines is 1. The summed E-state index contributed by atoms with van der Waals surface area (Å²) in [6.45, 7) is 9.62. The maximum absolute atomic E-state index is 4.69. The molecule has 3 heterocycles. The summed E-state index contributed by atoms with van der Waals surface area (Å²) < 4.78 is 0. The lowest BCUT2D eigenvalue weighted by Crippen LogP contribution is -2.46. The first kappa shape index (κ1) is 18.9. The first-order chi connectivity index (χ1) is 13.7. The molecule has 0 N–H and O–H groups in total. The second-order valence-corrected chi connectivity index (χ2v) is 7.81. The standard InChI is InChI=1S/C24H30N4/c1-3-4-7-20-10-11-25-17-21(20)18-27-12-14-28(15-13-27)24-16-19(2)26-23-9-6-5-8-22(23)24/h5-6,8-11,16-17H,3-4,7,12-15,18H2,1-2H3. The maximum atomic E-state index is 4.69. The highest BCUT2D eigenvalue weighted by molar-refractivity contribution is 5.92. The minimum atomic E-state index is 1.01. The minimum absolute atomic E-state index is 1.01. The van der Waals surface area contributed by atoms with E-state index in [9.17, 15) is 0 Å². The number of benzene rings is 1. The van der Waals surface area contributed by atoms with Gasteiger partial charge in [0.2, 0.25) is 0 Å². The van der Waals surface area contributed by atoms with Gasteiger partial charge in [-0.3, -0.25) is 14.9 Å². The van der Waals surface area contributed by atoms with Gasteiger partial charge in [-0.25, -0.2) is 0 Å². The van der Waals surface area contributed by atoms with Crippen molar-refractivity contribution in [2.45, 2.75) is 39.7 Å². The van der Waals surface area contributed by atoms with Crippen molar-refractivity contribution >= 4 is 16.6 Å². The summed E-state index contributed by atoms with van der Waals surface area (Å²) in [5, 5.41) is 1.26. The molecule has 1 aliphatic rings. The molecular formula is C24H30N4. The molecule has 1 aliphatic heterocycles. The molecule has 4 rings (SSSR count). The number of fused-ring (bicyclic) bond motifs is 1. The van der Waals surface area contributed by atoms with E-state index >= 15 is 0 Å². The van der Waals surface area contributed by atoms with Crippen LogP contribution in [0.15, 0.2) is 48.8 Å². The van der Waals surface area contributed by atoms with E-state index in [0.717, 1.165) is 50.4 Å². The molecule has 4 heteroatoms. The third-order valence-electron chi connectivity index (χ3n) is 5.73. The number of piperazine rings is 1. The Morgan fingerprint density at radius 3 is 2.64 bits per heavy atom. The molecule has 0 amide bonds. The largest absolute Gasteiger partial charge is 0.368 e. The maximum Gasteiger partial charge on any atom is 0.0726 e. The topological polar surface area (TPSA) is 32.3 Å². The molecule has 4 nitrogen and oxygen atoms in total. The Morgan fingerprint density at radius 2 is 1.82 bits per heavy atom. The van der Waals surface area contributed by atoms with Crippen molar-refractivity contribution in [3.63, 3.8) is 0 Å². The smallest absolute Gasteiger partial charge is 0.0726 e. The Hall–Kier alpha value is -2.46. The summed E-state index contributed by atoms with van der Waals surface area (Å²) in [5.74, 6) is 0. The third kappa shape index (κ3) is 4.17. The van der Waals surface area contributed by atoms with Crippen molar-refractivity contribution in [2.24, 2.45) is 0 Å². The van der Waals surface area contributed by atoms with Gasteiger partial charge >= 0.3 is 0 Å². The van der Waals surface area contributed by atoms with Crippen LogP contribution >= 0.6 is 0 Å². The lowest BCUT2D eigenvalue weighted by Gasteiger charge is -2.37. The first-order valence-corrected chi connectivity index (χ1v) is 10.5. The molecule has 2 aromatic heterocycles. The van der Waals surface area contributed by atoms with E-state index in [2.05, 4.69) is 71.2 Å². The average Bonchev–Trinajstić information content (AvgIpc) is 2.73. The van der Waals surface area contributed by atoms with Crippen molar-refractivity contribution in [1.82, 2.24) is 14.9 Å². The van der Waals surface area contributed by atoms with Crippen LogP contribution in [0.2, 0.25) is 0 Å². The number of hydrogen-bond acceptors (Lipinski definition) is 4. The third-order valence-corrected chi connectivity index (χ3v) is 5.73. The van der Waals surface area contributed by atoms with E-state index in [1.807, 2.05) is 6.20 Å². The van der Waals surface area contributed by atoms with Crippen molar-refractivity contribution in [1.29, 1.82) is 0 Å². The fourth-order valence-electron chi connectivity index (χ4n) is 4.14. The Balaban J connectivity index is 1.45. The van der Waals surface area contributed by atoms with Crippen LogP contribution in [0, 0.1) is 6.92 Å². The summed E-state index contributed by atoms with van der Waals surface area (Å²) in [6.07, 6.45) is 7.65. The highest BCUT2D eigenvalue weighted by Crippen LogP contribution is 2.28. The lowest BCUT2D eigenvalue weighted by atomic mass is 10.0. The second-order valence-electron chi connectivity index (χ2n) is 7.81. The zero-order chi connectivity index (χ0) is 19.3. The van der Waals surface area contributed by atoms with E-state index in [1.165, 1.54) is 35.0 Å². The van der Waals surface area contributed by atoms with Crippen molar-refractivity contribution in [3.8, 4) is 0 Å². The monoisotopic (exact) mass is 374 g/mol. The number of nitrogens with zero attached hydrogens (tertiary/aromatic N) is 4. The zero-order valence-corrected chi connectivity index (χ0v) is 17.1. The molecule has 1 saturated heterocycles. The van der Waals surface area contributed by atoms with Crippen LogP contribution in [0.1, 0.15) is 36.6 Å². The van der Waals surface area contributed by atoms with Gasteiger partial charge in [-0.15, -0.1) is 0 Å². The van der Waals surface area contributed by atoms with Crippen molar-refractivity contribution < 1.29 is 0 Å². The molecule has 146 valence electrons. The molecule has 0 radical (unpaired) electrons. The summed E-state index contributed by atoms with van der Waals surface area (Å²) in [4.78, 5) is 14.2. The molecule has 0 bridgehead atoms. The Labute approximate surface area is 168 Å². The summed E-state index contributed by atoms with van der Waals surface area (Å²) in [5.41, 5.74) is 6.38. The van der Waals surface area contributed by atoms with Gasteiger partial charge in [-0.2, -0.15) is 0 Å². The van der Waals surface area contributed by atoms with Crippen LogP contribution < -0.4 is 4.90 Å². The van der Waals surface area contributed by atoms with Crippen LogP contribution in [0.4, 0.5) is 5.69 Å². The average molecular weight is 375 g/mol. The number of aromatic nitrogens is 2. The van der Waals surface area contributed by atoms with E-state index < -0.39 is 0 Å². The molecule has 1 fully saturated rings. The highest BCUT2D eigenvalue weighted by atomic mass is 15.3. The molecule has 0 spiro atoms. The van der Waals surface area contributed by atoms with Crippen molar-refractivity contribution in [2.75, 3.05) is 31.1 Å². The predicted octanol–water partition coefficient (Wildman–Crippen LogP) is 4.60. The Kier molecular flexibility index (Phi) is 5.87. The van der Waals surface area contributed by atoms with Gasteiger partial charge in [0.1, 0.15) is 0 Å². The summed E-state index contributed by atoms with van der Waals surface area (Å²) in [7, 11) is 0. The molecule has 0 atom stereocenters. The Morgan fingerprint density at radius 1 is 1.00 bits per heavy atom. The van der Waals surface area contributed by atoms with Crippen LogP contribution in [0.3, 0.4) is 0 Å². The molecule has 0 aliphatic carbocycles. The lowest BCUT2D eigenvalue weighted by molar-refractivity contribution is 0.249. The highest BCUT2D eigenvalue weighted by Gasteiger charge is 2.20. The van der Waals surface area contributed by atoms with Crippen LogP contribution in [-0.4, -0.2) is 41.0 Å². The quantitative estimate of drug-likeness (QED) is 0.631. The van der Waals surface area contributed by atoms with Crippen molar-refractivity contribution in [3.05, 3.63) is 65.6 Å². The molecule has 28 heavy (non-hydrogen) atoms. The normalized spacial score (nSPS) is 15.3. The van der Waals surface area contributed by atoms with Gasteiger partial charge in [0.25, 0.3) is 0 Å². The molecule has 0 saturated carbocycles. The number of para-hydroxylation sites is 1. The van der Waals surface area contributed by atoms with Gasteiger partial charge in [0.15, 0.2) is 0 Å². The molecule has 1 aromatic carbocycles. The number of unbranched alkanes of at least 4 members (excludes halogenated alkanes) is 1. The fraction of sp³-hybridized carbons (Fsp3) is 0.417. The number of aryl methyl sites for hydroxylation is 2. The zero-order valence-electron chi connectivity index (χ0n) is 17.1. The number of rotatable bonds is 6. The van der Waals surface area contributed by atoms with Gasteiger partial charge in [-0.1, -0.05) is 31.5 Å². The molecule has 3 aromatic rings. The number of pyridine rings is 2. The fourth-order valence-corrected chi connectivity index (χ4v) is 4.14. The van der Waals surface area contributed by atoms with E-state index in [0.29, 0.717) is 0 Å². The minimum Gasteiger partial charge on any atom is -0.368 e. The van der Waals surface area contributed by atoms with E-state index in [1.54, 1.807) is 0 Å². The van der Waals surface area contributed by atoms with Crippen LogP contribution in [0.25, 0.3) is 10.9 Å². The second kappa shape index (κ2) is 8.70. The van der Waals surface area contributed by atoms with Crippen LogP contribution in [0.5, 0.6) is 0 Å². The van der Waals surface area contributed by atoms with E-state index in [4.69, 9.17) is 4.98 Å². The predicted molar refractivity (Wildman–Crippen MR) is 117 cm³/mol. The van der Waals surface area contributed by atoms with Gasteiger partial charge in [0, 0.05) is 61.9 Å². The molecular weight excluding hydrogens is 344 g/mol. The first-order valence-electron chi connectivity index (χ1n) is 10.5. The van der Waals surface area contributed by atoms with Gasteiger partial charge < -0.3 is 4.90 Å². The van der Waals surface area contributed by atoms with Crippen LogP contribution in [-0.2, 0) is 13.0 Å². The van der Waals surface area contributed by atoms with Gasteiger partial charge in [-0.05, 0) is 49.1 Å². The Bertz CT molecular complexity index is 929. The van der Waals surface area contributed by atoms with E-state index in [-0.39, 0.29) is 0 Å². The van der Waals surface area contributed by atoms with Gasteiger partial charge in [0.05, 0.1) is 5.52 Å². The SMILES string of the molecule is CCCCc1ccncc1CN1CCN(c2cc(C)nc3ccccc23)CC1. The summed E-state index contributed by atoms with van der Waals surface area (Å²) >= 11 is 0.